The Balaban J connectivity index is 1.67. The van der Waals surface area contributed by atoms with Crippen LogP contribution in [0.4, 0.5) is 0 Å². The van der Waals surface area contributed by atoms with Crippen molar-refractivity contribution in [3.8, 4) is 40.1 Å². The zero-order valence-corrected chi connectivity index (χ0v) is 16.5. The minimum atomic E-state index is -1.51. The molecule has 170 valence electrons. The minimum absolute atomic E-state index is 0.185. The van der Waals surface area contributed by atoms with Gasteiger partial charge >= 0.3 is 0 Å². The van der Waals surface area contributed by atoms with Gasteiger partial charge in [-0.1, -0.05) is 0 Å². The molecule has 0 saturated carbocycles. The van der Waals surface area contributed by atoms with Crippen LogP contribution in [0.5, 0.6) is 28.7 Å². The quantitative estimate of drug-likeness (QED) is 0.218. The van der Waals surface area contributed by atoms with Gasteiger partial charge in [-0.25, -0.2) is 0 Å². The molecule has 3 aromatic rings. The molecule has 0 amide bonds. The van der Waals surface area contributed by atoms with Crippen LogP contribution in [0.3, 0.4) is 0 Å². The zero-order valence-electron chi connectivity index (χ0n) is 16.5. The van der Waals surface area contributed by atoms with Crippen LogP contribution in [0.1, 0.15) is 6.92 Å². The van der Waals surface area contributed by atoms with E-state index in [9.17, 15) is 40.5 Å². The molecule has 5 unspecified atom stereocenters. The summed E-state index contributed by atoms with van der Waals surface area (Å²) in [5.41, 5.74) is -1.35. The van der Waals surface area contributed by atoms with E-state index in [1.807, 2.05) is 0 Å². The highest BCUT2D eigenvalue weighted by atomic mass is 16.7. The Bertz CT molecular complexity index is 1220. The summed E-state index contributed by atoms with van der Waals surface area (Å²) in [6, 6.07) is 6.33. The van der Waals surface area contributed by atoms with Crippen molar-refractivity contribution in [3.05, 3.63) is 40.6 Å². The lowest BCUT2D eigenvalue weighted by Gasteiger charge is -2.38. The lowest BCUT2D eigenvalue weighted by molar-refractivity contribution is -0.268. The van der Waals surface area contributed by atoms with Gasteiger partial charge in [-0.2, -0.15) is 0 Å². The zero-order chi connectivity index (χ0) is 23.3. The Morgan fingerprint density at radius 2 is 1.53 bits per heavy atom. The molecular weight excluding hydrogens is 428 g/mol. The Morgan fingerprint density at radius 1 is 0.875 bits per heavy atom. The lowest BCUT2D eigenvalue weighted by Crippen LogP contribution is -2.58. The summed E-state index contributed by atoms with van der Waals surface area (Å²) in [4.78, 5) is 12.5. The number of phenols is 3. The van der Waals surface area contributed by atoms with Gasteiger partial charge in [0.05, 0.1) is 6.10 Å². The van der Waals surface area contributed by atoms with E-state index in [1.165, 1.54) is 31.2 Å². The summed E-state index contributed by atoms with van der Waals surface area (Å²) in [7, 11) is 0. The first kappa shape index (κ1) is 21.7. The van der Waals surface area contributed by atoms with Crippen molar-refractivity contribution in [3.63, 3.8) is 0 Å². The molecule has 0 spiro atoms. The standard InChI is InChI=1S/C21H20O11/c1-7-13(24)16(27)18(29)21(30-7)31-9-4-2-8(3-5-9)19-17(28)15(26)12-10(22)6-11(23)14(25)20(12)32-19/h2-7,13,16,18,21-25,27-29H,1H3. The number of hydrogen-bond acceptors (Lipinski definition) is 11. The number of rotatable bonds is 3. The topological polar surface area (TPSA) is 190 Å². The number of fused-ring (bicyclic) bond motifs is 1. The average Bonchev–Trinajstić information content (AvgIpc) is 2.76. The van der Waals surface area contributed by atoms with Crippen LogP contribution in [-0.2, 0) is 4.74 Å². The van der Waals surface area contributed by atoms with Crippen molar-refractivity contribution >= 4 is 11.0 Å². The third kappa shape index (κ3) is 3.46. The van der Waals surface area contributed by atoms with Crippen molar-refractivity contribution in [1.82, 2.24) is 0 Å². The van der Waals surface area contributed by atoms with Crippen LogP contribution in [-0.4, -0.2) is 66.5 Å². The van der Waals surface area contributed by atoms with Gasteiger partial charge in [0.1, 0.15) is 35.2 Å². The summed E-state index contributed by atoms with van der Waals surface area (Å²) in [6.07, 6.45) is -6.30. The maximum absolute atomic E-state index is 12.5. The number of aromatic hydroxyl groups is 4. The fourth-order valence-electron chi connectivity index (χ4n) is 3.44. The van der Waals surface area contributed by atoms with Crippen LogP contribution in [0, 0.1) is 0 Å². The molecule has 1 aromatic heterocycles. The second-order valence-electron chi connectivity index (χ2n) is 7.40. The van der Waals surface area contributed by atoms with Crippen LogP contribution >= 0.6 is 0 Å². The van der Waals surface area contributed by atoms with Crippen molar-refractivity contribution in [2.24, 2.45) is 0 Å². The molecule has 11 heteroatoms. The molecule has 0 aliphatic carbocycles. The van der Waals surface area contributed by atoms with E-state index in [-0.39, 0.29) is 17.1 Å². The molecule has 11 nitrogen and oxygen atoms in total. The molecule has 0 bridgehead atoms. The molecule has 1 aliphatic rings. The molecule has 1 aliphatic heterocycles. The summed E-state index contributed by atoms with van der Waals surface area (Å²) < 4.78 is 16.3. The average molecular weight is 448 g/mol. The second kappa shape index (κ2) is 7.88. The molecule has 2 aromatic carbocycles. The van der Waals surface area contributed by atoms with Gasteiger partial charge in [-0.3, -0.25) is 4.79 Å². The maximum Gasteiger partial charge on any atom is 0.238 e. The Morgan fingerprint density at radius 3 is 2.19 bits per heavy atom. The van der Waals surface area contributed by atoms with Crippen molar-refractivity contribution in [2.45, 2.75) is 37.6 Å². The van der Waals surface area contributed by atoms with Crippen LogP contribution in [0.2, 0.25) is 0 Å². The monoisotopic (exact) mass is 448 g/mol. The number of aliphatic hydroxyl groups excluding tert-OH is 3. The summed E-state index contributed by atoms with van der Waals surface area (Å²) >= 11 is 0. The van der Waals surface area contributed by atoms with Crippen LogP contribution < -0.4 is 10.2 Å². The van der Waals surface area contributed by atoms with E-state index in [2.05, 4.69) is 0 Å². The number of ether oxygens (including phenoxy) is 2. The van der Waals surface area contributed by atoms with Gasteiger partial charge in [-0.15, -0.1) is 0 Å². The van der Waals surface area contributed by atoms with Gasteiger partial charge in [0, 0.05) is 11.6 Å². The van der Waals surface area contributed by atoms with E-state index in [0.29, 0.717) is 0 Å². The molecule has 32 heavy (non-hydrogen) atoms. The fourth-order valence-corrected chi connectivity index (χ4v) is 3.44. The summed E-state index contributed by atoms with van der Waals surface area (Å²) in [5, 5.41) is 69.0. The smallest absolute Gasteiger partial charge is 0.238 e. The van der Waals surface area contributed by atoms with E-state index in [1.54, 1.807) is 0 Å². The van der Waals surface area contributed by atoms with Gasteiger partial charge < -0.3 is 49.6 Å². The number of aliphatic hydroxyl groups is 3. The first-order chi connectivity index (χ1) is 15.1. The molecule has 5 atom stereocenters. The van der Waals surface area contributed by atoms with E-state index >= 15 is 0 Å². The van der Waals surface area contributed by atoms with Crippen molar-refractivity contribution < 1.29 is 49.6 Å². The minimum Gasteiger partial charge on any atom is -0.507 e. The van der Waals surface area contributed by atoms with Crippen molar-refractivity contribution in [1.29, 1.82) is 0 Å². The third-order valence-electron chi connectivity index (χ3n) is 5.25. The molecule has 2 heterocycles. The highest BCUT2D eigenvalue weighted by molar-refractivity contribution is 5.92. The lowest BCUT2D eigenvalue weighted by atomic mass is 10.00. The second-order valence-corrected chi connectivity index (χ2v) is 7.40. The molecule has 7 N–H and O–H groups in total. The highest BCUT2D eigenvalue weighted by Crippen LogP contribution is 2.41. The molecule has 1 saturated heterocycles. The predicted octanol–water partition coefficient (Wildman–Crippen LogP) is 0.489. The van der Waals surface area contributed by atoms with Crippen LogP contribution in [0.25, 0.3) is 22.3 Å². The number of hydrogen-bond donors (Lipinski definition) is 7. The first-order valence-electron chi connectivity index (χ1n) is 9.50. The van der Waals surface area contributed by atoms with E-state index in [0.717, 1.165) is 6.07 Å². The largest absolute Gasteiger partial charge is 0.507 e. The molecule has 4 rings (SSSR count). The highest BCUT2D eigenvalue weighted by Gasteiger charge is 2.43. The summed E-state index contributed by atoms with van der Waals surface area (Å²) in [5.74, 6) is -3.16. The molecule has 0 radical (unpaired) electrons. The molecular formula is C21H20O11. The Kier molecular flexibility index (Phi) is 5.34. The van der Waals surface area contributed by atoms with Gasteiger partial charge in [0.2, 0.25) is 23.2 Å². The van der Waals surface area contributed by atoms with Gasteiger partial charge in [0.15, 0.2) is 17.1 Å². The van der Waals surface area contributed by atoms with E-state index in [4.69, 9.17) is 13.9 Å². The number of phenolic OH excluding ortho intramolecular Hbond substituents is 3. The third-order valence-corrected chi connectivity index (χ3v) is 5.25. The Labute approximate surface area is 179 Å². The summed E-state index contributed by atoms with van der Waals surface area (Å²) in [6.45, 7) is 1.51. The Hall–Kier alpha value is -3.51. The van der Waals surface area contributed by atoms with Gasteiger partial charge in [-0.05, 0) is 31.2 Å². The number of benzene rings is 2. The SMILES string of the molecule is CC1OC(Oc2ccc(-c3oc4c(O)c(O)cc(O)c4c(=O)c3O)cc2)C(O)C(O)C1O. The maximum atomic E-state index is 12.5. The predicted molar refractivity (Wildman–Crippen MR) is 108 cm³/mol. The van der Waals surface area contributed by atoms with Gasteiger partial charge in [0.25, 0.3) is 0 Å². The van der Waals surface area contributed by atoms with Crippen LogP contribution in [0.15, 0.2) is 39.5 Å². The fraction of sp³-hybridized carbons (Fsp3) is 0.286. The normalized spacial score (nSPS) is 25.7. The van der Waals surface area contributed by atoms with E-state index < -0.39 is 70.1 Å². The molecule has 1 fully saturated rings. The van der Waals surface area contributed by atoms with Crippen molar-refractivity contribution in [2.75, 3.05) is 0 Å². The first-order valence-corrected chi connectivity index (χ1v) is 9.50.